The van der Waals surface area contributed by atoms with Gasteiger partial charge in [0.05, 0.1) is 0 Å². The lowest BCUT2D eigenvalue weighted by molar-refractivity contribution is -0.145. The third-order valence-corrected chi connectivity index (χ3v) is 4.15. The predicted octanol–water partition coefficient (Wildman–Crippen LogP) is 1.57. The Morgan fingerprint density at radius 1 is 1.23 bits per heavy atom. The number of nitrogens with zero attached hydrogens (tertiary/aromatic N) is 2. The second kappa shape index (κ2) is 6.92. The Hall–Kier alpha value is -1.88. The first kappa shape index (κ1) is 16.5. The van der Waals surface area contributed by atoms with Gasteiger partial charge in [-0.15, -0.1) is 0 Å². The molecule has 0 aromatic heterocycles. The number of hydrogen-bond donors (Lipinski definition) is 1. The van der Waals surface area contributed by atoms with E-state index in [1.54, 1.807) is 0 Å². The lowest BCUT2D eigenvalue weighted by atomic mass is 10.0. The standard InChI is InChI=1S/C17H24N2O3/c1-12-6-4-5-7-13(12)14-10-15(14)17(22)19(11-16(20)21)9-8-18(2)3/h4-7,14-15H,8-11H2,1-3H3,(H,20,21). The predicted molar refractivity (Wildman–Crippen MR) is 84.8 cm³/mol. The van der Waals surface area contributed by atoms with E-state index in [2.05, 4.69) is 19.1 Å². The SMILES string of the molecule is Cc1ccccc1C1CC1C(=O)N(CCN(C)C)CC(=O)O. The van der Waals surface area contributed by atoms with Crippen LogP contribution in [0.5, 0.6) is 0 Å². The zero-order chi connectivity index (χ0) is 16.3. The number of hydrogen-bond acceptors (Lipinski definition) is 3. The van der Waals surface area contributed by atoms with E-state index in [-0.39, 0.29) is 24.3 Å². The molecule has 0 aliphatic heterocycles. The summed E-state index contributed by atoms with van der Waals surface area (Å²) in [6.45, 7) is 2.95. The molecule has 5 heteroatoms. The number of amides is 1. The Bertz CT molecular complexity index is 557. The molecule has 0 heterocycles. The van der Waals surface area contributed by atoms with Gasteiger partial charge in [-0.05, 0) is 44.5 Å². The van der Waals surface area contributed by atoms with Crippen molar-refractivity contribution in [1.82, 2.24) is 9.80 Å². The van der Waals surface area contributed by atoms with Crippen molar-refractivity contribution in [1.29, 1.82) is 0 Å². The van der Waals surface area contributed by atoms with Crippen LogP contribution in [0.25, 0.3) is 0 Å². The van der Waals surface area contributed by atoms with Gasteiger partial charge in [-0.2, -0.15) is 0 Å². The summed E-state index contributed by atoms with van der Waals surface area (Å²) in [7, 11) is 3.83. The number of carboxylic acid groups (broad SMARTS) is 1. The molecule has 2 unspecified atom stereocenters. The highest BCUT2D eigenvalue weighted by Crippen LogP contribution is 2.49. The van der Waals surface area contributed by atoms with Crippen molar-refractivity contribution in [2.45, 2.75) is 19.3 Å². The van der Waals surface area contributed by atoms with Gasteiger partial charge in [0.1, 0.15) is 6.54 Å². The van der Waals surface area contributed by atoms with E-state index in [1.165, 1.54) is 16.0 Å². The van der Waals surface area contributed by atoms with Crippen LogP contribution in [0.4, 0.5) is 0 Å². The summed E-state index contributed by atoms with van der Waals surface area (Å²) >= 11 is 0. The van der Waals surface area contributed by atoms with Gasteiger partial charge < -0.3 is 14.9 Å². The van der Waals surface area contributed by atoms with Gasteiger partial charge in [-0.3, -0.25) is 9.59 Å². The van der Waals surface area contributed by atoms with E-state index in [1.807, 2.05) is 31.1 Å². The molecule has 0 bridgehead atoms. The van der Waals surface area contributed by atoms with E-state index in [4.69, 9.17) is 5.11 Å². The van der Waals surface area contributed by atoms with E-state index in [0.717, 1.165) is 6.42 Å². The number of benzene rings is 1. The first-order valence-electron chi connectivity index (χ1n) is 7.61. The minimum atomic E-state index is -0.958. The summed E-state index contributed by atoms with van der Waals surface area (Å²) in [5.74, 6) is -0.815. The van der Waals surface area contributed by atoms with Crippen LogP contribution >= 0.6 is 0 Å². The quantitative estimate of drug-likeness (QED) is 0.831. The molecule has 2 atom stereocenters. The third-order valence-electron chi connectivity index (χ3n) is 4.15. The van der Waals surface area contributed by atoms with Crippen LogP contribution in [0.2, 0.25) is 0 Å². The molecule has 0 radical (unpaired) electrons. The molecule has 1 aromatic carbocycles. The van der Waals surface area contributed by atoms with Crippen LogP contribution in [0.15, 0.2) is 24.3 Å². The normalized spacial score (nSPS) is 20.0. The van der Waals surface area contributed by atoms with Gasteiger partial charge in [-0.25, -0.2) is 0 Å². The van der Waals surface area contributed by atoms with E-state index < -0.39 is 5.97 Å². The molecule has 1 aliphatic rings. The molecule has 1 fully saturated rings. The molecule has 1 aliphatic carbocycles. The van der Waals surface area contributed by atoms with Gasteiger partial charge >= 0.3 is 5.97 Å². The van der Waals surface area contributed by atoms with Crippen LogP contribution in [-0.4, -0.2) is 60.5 Å². The number of aliphatic carboxylic acids is 1. The average Bonchev–Trinajstić information content (AvgIpc) is 3.23. The topological polar surface area (TPSA) is 60.9 Å². The summed E-state index contributed by atoms with van der Waals surface area (Å²) in [6.07, 6.45) is 0.821. The van der Waals surface area contributed by atoms with E-state index in [0.29, 0.717) is 13.1 Å². The number of carboxylic acids is 1. The van der Waals surface area contributed by atoms with Crippen molar-refractivity contribution >= 4 is 11.9 Å². The Balaban J connectivity index is 2.02. The molecule has 120 valence electrons. The zero-order valence-corrected chi connectivity index (χ0v) is 13.5. The summed E-state index contributed by atoms with van der Waals surface area (Å²) in [5, 5.41) is 9.02. The summed E-state index contributed by atoms with van der Waals surface area (Å²) in [4.78, 5) is 27.0. The number of carbonyl (C=O) groups excluding carboxylic acids is 1. The maximum Gasteiger partial charge on any atom is 0.323 e. The molecule has 22 heavy (non-hydrogen) atoms. The molecule has 1 amide bonds. The van der Waals surface area contributed by atoms with Crippen LogP contribution in [0.3, 0.4) is 0 Å². The number of rotatable bonds is 7. The van der Waals surface area contributed by atoms with Gasteiger partial charge in [0.15, 0.2) is 0 Å². The fourth-order valence-corrected chi connectivity index (χ4v) is 2.80. The number of aryl methyl sites for hydroxylation is 1. The molecule has 2 rings (SSSR count). The second-order valence-electron chi connectivity index (χ2n) is 6.26. The van der Waals surface area contributed by atoms with Crippen LogP contribution in [0, 0.1) is 12.8 Å². The molecular formula is C17H24N2O3. The van der Waals surface area contributed by atoms with Gasteiger partial charge in [-0.1, -0.05) is 24.3 Å². The zero-order valence-electron chi connectivity index (χ0n) is 13.5. The third kappa shape index (κ3) is 4.07. The van der Waals surface area contributed by atoms with Gasteiger partial charge in [0.25, 0.3) is 0 Å². The van der Waals surface area contributed by atoms with Crippen molar-refractivity contribution < 1.29 is 14.7 Å². The molecule has 0 spiro atoms. The van der Waals surface area contributed by atoms with Crippen molar-refractivity contribution in [3.8, 4) is 0 Å². The highest BCUT2D eigenvalue weighted by molar-refractivity contribution is 5.86. The molecule has 0 saturated heterocycles. The molecular weight excluding hydrogens is 280 g/mol. The average molecular weight is 304 g/mol. The lowest BCUT2D eigenvalue weighted by Crippen LogP contribution is -2.41. The highest BCUT2D eigenvalue weighted by atomic mass is 16.4. The monoisotopic (exact) mass is 304 g/mol. The molecule has 1 N–H and O–H groups in total. The van der Waals surface area contributed by atoms with Crippen LogP contribution in [-0.2, 0) is 9.59 Å². The summed E-state index contributed by atoms with van der Waals surface area (Å²) < 4.78 is 0. The minimum Gasteiger partial charge on any atom is -0.480 e. The molecule has 1 saturated carbocycles. The van der Waals surface area contributed by atoms with E-state index in [9.17, 15) is 9.59 Å². The Labute approximate surface area is 131 Å². The highest BCUT2D eigenvalue weighted by Gasteiger charge is 2.46. The van der Waals surface area contributed by atoms with Crippen molar-refractivity contribution in [2.75, 3.05) is 33.7 Å². The van der Waals surface area contributed by atoms with Gasteiger partial charge in [0, 0.05) is 19.0 Å². The molecule has 5 nitrogen and oxygen atoms in total. The van der Waals surface area contributed by atoms with Crippen LogP contribution < -0.4 is 0 Å². The Morgan fingerprint density at radius 2 is 1.91 bits per heavy atom. The second-order valence-corrected chi connectivity index (χ2v) is 6.26. The number of carbonyl (C=O) groups is 2. The maximum absolute atomic E-state index is 12.6. The van der Waals surface area contributed by atoms with Crippen molar-refractivity contribution in [3.63, 3.8) is 0 Å². The van der Waals surface area contributed by atoms with Gasteiger partial charge in [0.2, 0.25) is 5.91 Å². The first-order valence-corrected chi connectivity index (χ1v) is 7.61. The smallest absolute Gasteiger partial charge is 0.323 e. The molecule has 1 aromatic rings. The van der Waals surface area contributed by atoms with Crippen LogP contribution in [0.1, 0.15) is 23.5 Å². The van der Waals surface area contributed by atoms with E-state index >= 15 is 0 Å². The number of likely N-dealkylation sites (N-methyl/N-ethyl adjacent to an activating group) is 1. The first-order chi connectivity index (χ1) is 10.4. The maximum atomic E-state index is 12.6. The fourth-order valence-electron chi connectivity index (χ4n) is 2.80. The summed E-state index contributed by atoms with van der Waals surface area (Å²) in [6, 6.07) is 8.10. The lowest BCUT2D eigenvalue weighted by Gasteiger charge is -2.23. The Morgan fingerprint density at radius 3 is 2.50 bits per heavy atom. The fraction of sp³-hybridized carbons (Fsp3) is 0.529. The van der Waals surface area contributed by atoms with Crippen molar-refractivity contribution in [3.05, 3.63) is 35.4 Å². The Kier molecular flexibility index (Phi) is 5.19. The minimum absolute atomic E-state index is 0.0301. The van der Waals surface area contributed by atoms with Crippen molar-refractivity contribution in [2.24, 2.45) is 5.92 Å². The summed E-state index contributed by atoms with van der Waals surface area (Å²) in [5.41, 5.74) is 2.41. The largest absolute Gasteiger partial charge is 0.480 e.